The van der Waals surface area contributed by atoms with Gasteiger partial charge in [0, 0.05) is 10.0 Å². The van der Waals surface area contributed by atoms with Gasteiger partial charge >= 0.3 is 0 Å². The maximum absolute atomic E-state index is 12.9. The molecule has 22 heavy (non-hydrogen) atoms. The average molecular weight is 357 g/mol. The van der Waals surface area contributed by atoms with Crippen molar-refractivity contribution in [1.82, 2.24) is 0 Å². The largest absolute Gasteiger partial charge is 0.488 e. The summed E-state index contributed by atoms with van der Waals surface area (Å²) >= 11 is 3.34. The molecule has 0 aromatic heterocycles. The minimum atomic E-state index is -0.302. The predicted molar refractivity (Wildman–Crippen MR) is 84.1 cm³/mol. The maximum Gasteiger partial charge on any atom is 0.130 e. The van der Waals surface area contributed by atoms with Crippen molar-refractivity contribution in [3.05, 3.63) is 69.5 Å². The molecule has 2 aromatic carbocycles. The topological polar surface area (TPSA) is 56.8 Å². The smallest absolute Gasteiger partial charge is 0.130 e. The van der Waals surface area contributed by atoms with Crippen LogP contribution in [0.25, 0.3) is 6.08 Å². The highest BCUT2D eigenvalue weighted by Crippen LogP contribution is 2.26. The molecule has 0 bridgehead atoms. The molecule has 108 valence electrons. The van der Waals surface area contributed by atoms with Crippen LogP contribution < -0.4 is 4.74 Å². The molecular formula is C17H10BrFN2O. The second-order valence-electron chi connectivity index (χ2n) is 4.38. The van der Waals surface area contributed by atoms with Crippen LogP contribution in [0.3, 0.4) is 0 Å². The monoisotopic (exact) mass is 356 g/mol. The zero-order valence-corrected chi connectivity index (χ0v) is 13.0. The summed E-state index contributed by atoms with van der Waals surface area (Å²) in [4.78, 5) is 0. The molecule has 0 saturated heterocycles. The Balaban J connectivity index is 2.24. The predicted octanol–water partition coefficient (Wildman–Crippen LogP) is 4.60. The Bertz CT molecular complexity index is 770. The Morgan fingerprint density at radius 1 is 1.14 bits per heavy atom. The molecule has 0 spiro atoms. The Kier molecular flexibility index (Phi) is 5.30. The highest BCUT2D eigenvalue weighted by atomic mass is 79.9. The molecule has 0 aliphatic carbocycles. The first-order valence-electron chi connectivity index (χ1n) is 6.31. The van der Waals surface area contributed by atoms with Gasteiger partial charge < -0.3 is 4.74 Å². The highest BCUT2D eigenvalue weighted by Gasteiger charge is 2.05. The summed E-state index contributed by atoms with van der Waals surface area (Å²) in [6.07, 6.45) is 1.46. The molecule has 0 radical (unpaired) electrons. The third-order valence-corrected chi connectivity index (χ3v) is 3.31. The third kappa shape index (κ3) is 4.18. The summed E-state index contributed by atoms with van der Waals surface area (Å²) in [7, 11) is 0. The lowest BCUT2D eigenvalue weighted by Gasteiger charge is -2.10. The zero-order chi connectivity index (χ0) is 15.9. The molecule has 5 heteroatoms. The van der Waals surface area contributed by atoms with E-state index in [9.17, 15) is 4.39 Å². The van der Waals surface area contributed by atoms with Gasteiger partial charge in [-0.3, -0.25) is 0 Å². The molecule has 3 nitrogen and oxygen atoms in total. The number of halogens is 2. The minimum Gasteiger partial charge on any atom is -0.488 e. The van der Waals surface area contributed by atoms with E-state index in [1.165, 1.54) is 18.2 Å². The maximum atomic E-state index is 12.9. The number of hydrogen-bond donors (Lipinski definition) is 0. The van der Waals surface area contributed by atoms with Crippen molar-refractivity contribution in [2.75, 3.05) is 0 Å². The first kappa shape index (κ1) is 15.8. The Hall–Kier alpha value is -2.63. The van der Waals surface area contributed by atoms with Crippen LogP contribution in [0.1, 0.15) is 11.1 Å². The second-order valence-corrected chi connectivity index (χ2v) is 5.29. The molecule has 0 unspecified atom stereocenters. The van der Waals surface area contributed by atoms with Crippen molar-refractivity contribution in [2.45, 2.75) is 6.61 Å². The van der Waals surface area contributed by atoms with Crippen molar-refractivity contribution in [3.63, 3.8) is 0 Å². The van der Waals surface area contributed by atoms with Crippen LogP contribution >= 0.6 is 15.9 Å². The summed E-state index contributed by atoms with van der Waals surface area (Å²) in [5, 5.41) is 17.7. The number of allylic oxidation sites excluding steroid dienone is 1. The van der Waals surface area contributed by atoms with Crippen molar-refractivity contribution < 1.29 is 9.13 Å². The quantitative estimate of drug-likeness (QED) is 0.752. The van der Waals surface area contributed by atoms with Gasteiger partial charge in [0.15, 0.2) is 0 Å². The summed E-state index contributed by atoms with van der Waals surface area (Å²) in [5.41, 5.74) is 1.43. The van der Waals surface area contributed by atoms with Crippen LogP contribution in [0.15, 0.2) is 52.5 Å². The second kappa shape index (κ2) is 7.40. The van der Waals surface area contributed by atoms with Crippen LogP contribution in [0, 0.1) is 28.5 Å². The molecule has 2 aromatic rings. The fraction of sp³-hybridized carbons (Fsp3) is 0.0588. The van der Waals surface area contributed by atoms with E-state index in [1.54, 1.807) is 30.3 Å². The highest BCUT2D eigenvalue weighted by molar-refractivity contribution is 9.10. The summed E-state index contributed by atoms with van der Waals surface area (Å²) < 4.78 is 19.4. The van der Waals surface area contributed by atoms with Crippen molar-refractivity contribution in [3.8, 4) is 17.9 Å². The Morgan fingerprint density at radius 3 is 2.45 bits per heavy atom. The molecular weight excluding hydrogens is 347 g/mol. The molecule has 0 aliphatic heterocycles. The summed E-state index contributed by atoms with van der Waals surface area (Å²) in [6.45, 7) is 0.261. The number of rotatable bonds is 4. The van der Waals surface area contributed by atoms with E-state index < -0.39 is 0 Å². The van der Waals surface area contributed by atoms with Gasteiger partial charge in [-0.1, -0.05) is 28.1 Å². The summed E-state index contributed by atoms with van der Waals surface area (Å²) in [5.74, 6) is 0.235. The first-order valence-corrected chi connectivity index (χ1v) is 7.10. The molecule has 2 rings (SSSR count). The number of hydrogen-bond acceptors (Lipinski definition) is 3. The van der Waals surface area contributed by atoms with Crippen LogP contribution in [-0.4, -0.2) is 0 Å². The SMILES string of the molecule is N#CC(C#N)=Cc1cc(Br)ccc1OCc1ccc(F)cc1. The molecule has 0 saturated carbocycles. The average Bonchev–Trinajstić information content (AvgIpc) is 2.53. The molecule has 0 heterocycles. The van der Waals surface area contributed by atoms with E-state index in [2.05, 4.69) is 15.9 Å². The van der Waals surface area contributed by atoms with Crippen molar-refractivity contribution in [1.29, 1.82) is 10.5 Å². The van der Waals surface area contributed by atoms with Gasteiger partial charge in [-0.15, -0.1) is 0 Å². The van der Waals surface area contributed by atoms with E-state index in [1.807, 2.05) is 12.1 Å². The van der Waals surface area contributed by atoms with Gasteiger partial charge in [-0.05, 0) is 42.0 Å². The number of nitriles is 2. The molecule has 0 amide bonds. The van der Waals surface area contributed by atoms with Gasteiger partial charge in [0.25, 0.3) is 0 Å². The Labute approximate surface area is 136 Å². The molecule has 0 atom stereocenters. The van der Waals surface area contributed by atoms with Gasteiger partial charge in [0.1, 0.15) is 35.9 Å². The summed E-state index contributed by atoms with van der Waals surface area (Å²) in [6, 6.07) is 14.9. The number of ether oxygens (including phenoxy) is 1. The van der Waals surface area contributed by atoms with E-state index in [0.29, 0.717) is 11.3 Å². The molecule has 0 N–H and O–H groups in total. The van der Waals surface area contributed by atoms with Crippen molar-refractivity contribution in [2.24, 2.45) is 0 Å². The van der Waals surface area contributed by atoms with Crippen LogP contribution in [0.4, 0.5) is 4.39 Å². The van der Waals surface area contributed by atoms with Gasteiger partial charge in [-0.2, -0.15) is 10.5 Å². The fourth-order valence-corrected chi connectivity index (χ4v) is 2.13. The van der Waals surface area contributed by atoms with E-state index in [4.69, 9.17) is 15.3 Å². The van der Waals surface area contributed by atoms with E-state index >= 15 is 0 Å². The third-order valence-electron chi connectivity index (χ3n) is 2.82. The lowest BCUT2D eigenvalue weighted by molar-refractivity contribution is 0.305. The number of benzene rings is 2. The Morgan fingerprint density at radius 2 is 1.82 bits per heavy atom. The van der Waals surface area contributed by atoms with Crippen LogP contribution in [-0.2, 0) is 6.61 Å². The van der Waals surface area contributed by atoms with E-state index in [0.717, 1.165) is 10.0 Å². The normalized spacial score (nSPS) is 9.45. The van der Waals surface area contributed by atoms with Crippen LogP contribution in [0.5, 0.6) is 5.75 Å². The molecule has 0 fully saturated rings. The molecule has 0 aliphatic rings. The van der Waals surface area contributed by atoms with Gasteiger partial charge in [0.05, 0.1) is 0 Å². The zero-order valence-electron chi connectivity index (χ0n) is 11.4. The lowest BCUT2D eigenvalue weighted by Crippen LogP contribution is -1.97. The lowest BCUT2D eigenvalue weighted by atomic mass is 10.1. The fourth-order valence-electron chi connectivity index (χ4n) is 1.75. The van der Waals surface area contributed by atoms with Crippen molar-refractivity contribution >= 4 is 22.0 Å². The van der Waals surface area contributed by atoms with Gasteiger partial charge in [-0.25, -0.2) is 4.39 Å². The number of nitrogens with zero attached hydrogens (tertiary/aromatic N) is 2. The standard InChI is InChI=1S/C17H10BrFN2O/c18-15-3-6-17(14(8-15)7-13(9-20)10-21)22-11-12-1-4-16(19)5-2-12/h1-8H,11H2. The van der Waals surface area contributed by atoms with E-state index in [-0.39, 0.29) is 18.0 Å². The first-order chi connectivity index (χ1) is 10.6. The van der Waals surface area contributed by atoms with Crippen LogP contribution in [0.2, 0.25) is 0 Å². The minimum absolute atomic E-state index is 0.00951. The van der Waals surface area contributed by atoms with Gasteiger partial charge in [0.2, 0.25) is 0 Å².